The summed E-state index contributed by atoms with van der Waals surface area (Å²) in [5, 5.41) is 9.02. The van der Waals surface area contributed by atoms with Crippen LogP contribution in [0.5, 0.6) is 5.75 Å². The molecule has 0 bridgehead atoms. The van der Waals surface area contributed by atoms with Gasteiger partial charge in [-0.2, -0.15) is 4.39 Å². The first kappa shape index (κ1) is 19.0. The van der Waals surface area contributed by atoms with Crippen LogP contribution in [0.1, 0.15) is 16.7 Å². The number of halogens is 3. The highest BCUT2D eigenvalue weighted by atomic mass is 19.2. The Balaban J connectivity index is 1.74. The Morgan fingerprint density at radius 2 is 1.52 bits per heavy atom. The smallest absolute Gasteiger partial charge is 0.201 e. The minimum atomic E-state index is -1.01. The number of hydrogen-bond acceptors (Lipinski definition) is 2. The van der Waals surface area contributed by atoms with Crippen molar-refractivity contribution >= 4 is 0 Å². The van der Waals surface area contributed by atoms with E-state index in [1.165, 1.54) is 25.3 Å². The van der Waals surface area contributed by atoms with Crippen LogP contribution in [0, 0.1) is 17.5 Å². The van der Waals surface area contributed by atoms with E-state index in [1.807, 2.05) is 12.1 Å². The zero-order valence-corrected chi connectivity index (χ0v) is 14.8. The molecular weight excluding hydrogens is 353 g/mol. The molecule has 0 heterocycles. The van der Waals surface area contributed by atoms with Crippen molar-refractivity contribution < 1.29 is 23.0 Å². The summed E-state index contributed by atoms with van der Waals surface area (Å²) in [4.78, 5) is 0. The maximum Gasteiger partial charge on any atom is 0.201 e. The summed E-state index contributed by atoms with van der Waals surface area (Å²) in [7, 11) is 1.28. The molecule has 3 aromatic rings. The van der Waals surface area contributed by atoms with Crippen molar-refractivity contribution in [2.45, 2.75) is 19.4 Å². The topological polar surface area (TPSA) is 29.5 Å². The molecule has 0 atom stereocenters. The van der Waals surface area contributed by atoms with Gasteiger partial charge in [0.05, 0.1) is 13.7 Å². The van der Waals surface area contributed by atoms with E-state index in [0.29, 0.717) is 29.5 Å². The summed E-state index contributed by atoms with van der Waals surface area (Å²) < 4.78 is 46.8. The highest BCUT2D eigenvalue weighted by molar-refractivity contribution is 5.65. The molecule has 0 aliphatic rings. The standard InChI is InChI=1S/C22H19F3O2/c1-27-20-11-10-18(21(24)22(20)25)16-6-2-14(3-7-16)4-8-17-9-5-15(13-26)12-19(17)23/h2-3,5-7,9-12,26H,4,8,13H2,1H3. The van der Waals surface area contributed by atoms with E-state index in [0.717, 1.165) is 5.56 Å². The van der Waals surface area contributed by atoms with E-state index in [4.69, 9.17) is 9.84 Å². The summed E-state index contributed by atoms with van der Waals surface area (Å²) in [5.74, 6) is -2.44. The predicted octanol–water partition coefficient (Wildman–Crippen LogP) is 5.06. The summed E-state index contributed by atoms with van der Waals surface area (Å²) in [6.45, 7) is -0.193. The van der Waals surface area contributed by atoms with E-state index < -0.39 is 11.6 Å². The Labute approximate surface area is 155 Å². The number of ether oxygens (including phenoxy) is 1. The third-order valence-electron chi connectivity index (χ3n) is 4.51. The van der Waals surface area contributed by atoms with Gasteiger partial charge in [0, 0.05) is 5.56 Å². The molecule has 0 aliphatic heterocycles. The molecule has 0 saturated carbocycles. The van der Waals surface area contributed by atoms with Gasteiger partial charge in [-0.3, -0.25) is 0 Å². The lowest BCUT2D eigenvalue weighted by Gasteiger charge is -2.09. The van der Waals surface area contributed by atoms with E-state index in [-0.39, 0.29) is 23.7 Å². The molecule has 0 saturated heterocycles. The Bertz CT molecular complexity index is 937. The number of methoxy groups -OCH3 is 1. The van der Waals surface area contributed by atoms with Gasteiger partial charge in [-0.1, -0.05) is 36.4 Å². The van der Waals surface area contributed by atoms with Crippen molar-refractivity contribution in [1.82, 2.24) is 0 Å². The predicted molar refractivity (Wildman–Crippen MR) is 98.1 cm³/mol. The second-order valence-electron chi connectivity index (χ2n) is 6.22. The lowest BCUT2D eigenvalue weighted by Crippen LogP contribution is -1.97. The number of hydrogen-bond donors (Lipinski definition) is 1. The maximum absolute atomic E-state index is 14.2. The molecule has 0 unspecified atom stereocenters. The van der Waals surface area contributed by atoms with Crippen LogP contribution < -0.4 is 4.74 Å². The Hall–Kier alpha value is -2.79. The Kier molecular flexibility index (Phi) is 5.81. The lowest BCUT2D eigenvalue weighted by molar-refractivity contribution is 0.281. The molecule has 0 amide bonds. The van der Waals surface area contributed by atoms with Crippen molar-refractivity contribution in [2.75, 3.05) is 7.11 Å². The van der Waals surface area contributed by atoms with Gasteiger partial charge in [0.1, 0.15) is 5.82 Å². The van der Waals surface area contributed by atoms with E-state index in [9.17, 15) is 13.2 Å². The molecule has 2 nitrogen and oxygen atoms in total. The van der Waals surface area contributed by atoms with Gasteiger partial charge >= 0.3 is 0 Å². The minimum Gasteiger partial charge on any atom is -0.494 e. The van der Waals surface area contributed by atoms with Gasteiger partial charge in [-0.05, 0) is 53.3 Å². The first-order valence-corrected chi connectivity index (χ1v) is 8.53. The molecule has 0 fully saturated rings. The third-order valence-corrected chi connectivity index (χ3v) is 4.51. The van der Waals surface area contributed by atoms with Crippen LogP contribution in [0.25, 0.3) is 11.1 Å². The molecule has 3 rings (SSSR count). The summed E-state index contributed by atoms with van der Waals surface area (Å²) in [6, 6.07) is 14.6. The number of aliphatic hydroxyl groups is 1. The fourth-order valence-corrected chi connectivity index (χ4v) is 2.93. The fourth-order valence-electron chi connectivity index (χ4n) is 2.93. The van der Waals surface area contributed by atoms with Gasteiger partial charge in [0.2, 0.25) is 5.82 Å². The molecule has 0 spiro atoms. The number of aliphatic hydroxyl groups excluding tert-OH is 1. The second kappa shape index (κ2) is 8.27. The SMILES string of the molecule is COc1ccc(-c2ccc(CCc3ccc(CO)cc3F)cc2)c(F)c1F. The van der Waals surface area contributed by atoms with Crippen LogP contribution in [0.15, 0.2) is 54.6 Å². The highest BCUT2D eigenvalue weighted by Crippen LogP contribution is 2.30. The van der Waals surface area contributed by atoms with Gasteiger partial charge in [0.15, 0.2) is 11.6 Å². The van der Waals surface area contributed by atoms with Crippen LogP contribution in [0.3, 0.4) is 0 Å². The largest absolute Gasteiger partial charge is 0.494 e. The molecule has 1 N–H and O–H groups in total. The van der Waals surface area contributed by atoms with Gasteiger partial charge < -0.3 is 9.84 Å². The zero-order chi connectivity index (χ0) is 19.4. The van der Waals surface area contributed by atoms with Crippen molar-refractivity contribution in [3.05, 3.63) is 88.7 Å². The fraction of sp³-hybridized carbons (Fsp3) is 0.182. The van der Waals surface area contributed by atoms with Crippen LogP contribution in [-0.4, -0.2) is 12.2 Å². The molecule has 5 heteroatoms. The monoisotopic (exact) mass is 372 g/mol. The first-order chi connectivity index (χ1) is 13.0. The van der Waals surface area contributed by atoms with E-state index >= 15 is 0 Å². The first-order valence-electron chi connectivity index (χ1n) is 8.53. The van der Waals surface area contributed by atoms with Crippen LogP contribution in [0.4, 0.5) is 13.2 Å². The second-order valence-corrected chi connectivity index (χ2v) is 6.22. The number of aryl methyl sites for hydroxylation is 2. The number of benzene rings is 3. The Morgan fingerprint density at radius 3 is 2.15 bits per heavy atom. The molecule has 0 aromatic heterocycles. The number of rotatable bonds is 6. The minimum absolute atomic E-state index is 0.137. The van der Waals surface area contributed by atoms with E-state index in [1.54, 1.807) is 24.3 Å². The van der Waals surface area contributed by atoms with Crippen molar-refractivity contribution in [3.8, 4) is 16.9 Å². The maximum atomic E-state index is 14.2. The molecule has 0 aliphatic carbocycles. The van der Waals surface area contributed by atoms with Crippen LogP contribution in [-0.2, 0) is 19.4 Å². The Morgan fingerprint density at radius 1 is 0.815 bits per heavy atom. The zero-order valence-electron chi connectivity index (χ0n) is 14.8. The van der Waals surface area contributed by atoms with Gasteiger partial charge in [-0.15, -0.1) is 0 Å². The lowest BCUT2D eigenvalue weighted by atomic mass is 9.99. The summed E-state index contributed by atoms with van der Waals surface area (Å²) in [5.41, 5.74) is 2.77. The van der Waals surface area contributed by atoms with Crippen LogP contribution in [0.2, 0.25) is 0 Å². The molecule has 0 radical (unpaired) electrons. The highest BCUT2D eigenvalue weighted by Gasteiger charge is 2.15. The molecular formula is C22H19F3O2. The quantitative estimate of drug-likeness (QED) is 0.656. The van der Waals surface area contributed by atoms with E-state index in [2.05, 4.69) is 0 Å². The van der Waals surface area contributed by atoms with Crippen LogP contribution >= 0.6 is 0 Å². The normalized spacial score (nSPS) is 10.9. The molecule has 140 valence electrons. The van der Waals surface area contributed by atoms with Gasteiger partial charge in [-0.25, -0.2) is 8.78 Å². The molecule has 27 heavy (non-hydrogen) atoms. The van der Waals surface area contributed by atoms with Crippen molar-refractivity contribution in [1.29, 1.82) is 0 Å². The average molecular weight is 372 g/mol. The summed E-state index contributed by atoms with van der Waals surface area (Å²) >= 11 is 0. The molecule has 3 aromatic carbocycles. The third kappa shape index (κ3) is 4.14. The van der Waals surface area contributed by atoms with Gasteiger partial charge in [0.25, 0.3) is 0 Å². The van der Waals surface area contributed by atoms with Crippen molar-refractivity contribution in [3.63, 3.8) is 0 Å². The van der Waals surface area contributed by atoms with Crippen molar-refractivity contribution in [2.24, 2.45) is 0 Å². The average Bonchev–Trinajstić information content (AvgIpc) is 2.69. The summed E-state index contributed by atoms with van der Waals surface area (Å²) in [6.07, 6.45) is 1.11.